The molecule has 11 heavy (non-hydrogen) atoms. The molecule has 0 aromatic carbocycles. The van der Waals surface area contributed by atoms with E-state index >= 15 is 0 Å². The Kier molecular flexibility index (Phi) is 10.1. The van der Waals surface area contributed by atoms with E-state index in [2.05, 4.69) is 32.8 Å². The lowest BCUT2D eigenvalue weighted by Crippen LogP contribution is -1.97. The molecule has 0 fully saturated rings. The van der Waals surface area contributed by atoms with Gasteiger partial charge in [0.2, 0.25) is 0 Å². The highest BCUT2D eigenvalue weighted by atomic mass is 32.2. The van der Waals surface area contributed by atoms with Crippen LogP contribution in [0.25, 0.3) is 0 Å². The topological polar surface area (TPSA) is 66.2 Å². The molecule has 1 unspecified atom stereocenters. The first-order valence-electron chi connectivity index (χ1n) is 3.69. The van der Waals surface area contributed by atoms with Crippen LogP contribution in [0.1, 0.15) is 34.1 Å². The fourth-order valence-electron chi connectivity index (χ4n) is 0.943. The van der Waals surface area contributed by atoms with Gasteiger partial charge in [-0.05, 0) is 18.3 Å². The van der Waals surface area contributed by atoms with Crippen molar-refractivity contribution in [3.05, 3.63) is 0 Å². The van der Waals surface area contributed by atoms with Gasteiger partial charge in [-0.3, -0.25) is 9.35 Å². The standard InChI is InChI=1S/C7H16.H3NO2S/c1-6(2)5-7(3)4;1-4(2)3/h6-7H,5H2,1-4H3;1H2,(H,2,3)/p-1. The average molecular weight is 180 g/mol. The quantitative estimate of drug-likeness (QED) is 0.653. The smallest absolute Gasteiger partial charge is 0.0152 e. The first-order chi connectivity index (χ1) is 4.86. The highest BCUT2D eigenvalue weighted by Gasteiger charge is 1.95. The lowest BCUT2D eigenvalue weighted by Gasteiger charge is -2.05. The zero-order valence-corrected chi connectivity index (χ0v) is 8.48. The molecule has 0 saturated heterocycles. The van der Waals surface area contributed by atoms with E-state index < -0.39 is 11.3 Å². The zero-order chi connectivity index (χ0) is 9.44. The van der Waals surface area contributed by atoms with Gasteiger partial charge in [0.25, 0.3) is 0 Å². The van der Waals surface area contributed by atoms with Crippen LogP contribution in [-0.4, -0.2) is 8.76 Å². The third kappa shape index (κ3) is 39.6. The highest BCUT2D eigenvalue weighted by Crippen LogP contribution is 2.08. The Bertz CT molecular complexity index is 94.6. The number of hydrogen-bond donors (Lipinski definition) is 1. The fourth-order valence-corrected chi connectivity index (χ4v) is 0.943. The number of nitrogens with two attached hydrogens (primary N) is 1. The molecule has 70 valence electrons. The zero-order valence-electron chi connectivity index (χ0n) is 7.66. The summed E-state index contributed by atoms with van der Waals surface area (Å²) in [6.45, 7) is 9.06. The second kappa shape index (κ2) is 8.17. The molecule has 0 aliphatic carbocycles. The van der Waals surface area contributed by atoms with E-state index in [1.54, 1.807) is 0 Å². The summed E-state index contributed by atoms with van der Waals surface area (Å²) in [5.74, 6) is 1.75. The second-order valence-electron chi connectivity index (χ2n) is 3.28. The average Bonchev–Trinajstić information content (AvgIpc) is 1.56. The van der Waals surface area contributed by atoms with Crippen LogP contribution in [0, 0.1) is 11.8 Å². The highest BCUT2D eigenvalue weighted by molar-refractivity contribution is 7.76. The third-order valence-corrected chi connectivity index (χ3v) is 0.943. The van der Waals surface area contributed by atoms with E-state index in [4.69, 9.17) is 8.76 Å². The van der Waals surface area contributed by atoms with Crippen LogP contribution < -0.4 is 5.14 Å². The van der Waals surface area contributed by atoms with Crippen molar-refractivity contribution in [2.24, 2.45) is 17.0 Å². The molecule has 0 aromatic heterocycles. The van der Waals surface area contributed by atoms with Crippen LogP contribution in [0.3, 0.4) is 0 Å². The van der Waals surface area contributed by atoms with Gasteiger partial charge in [0, 0.05) is 11.3 Å². The second-order valence-corrected chi connectivity index (χ2v) is 3.80. The summed E-state index contributed by atoms with van der Waals surface area (Å²) in [6, 6.07) is 0. The normalized spacial score (nSPS) is 12.7. The first-order valence-corrected chi connectivity index (χ1v) is 4.83. The van der Waals surface area contributed by atoms with E-state index in [9.17, 15) is 0 Å². The van der Waals surface area contributed by atoms with E-state index in [-0.39, 0.29) is 0 Å². The molecule has 0 spiro atoms. The van der Waals surface area contributed by atoms with Crippen LogP contribution in [0.4, 0.5) is 0 Å². The molecule has 0 saturated carbocycles. The summed E-state index contributed by atoms with van der Waals surface area (Å²) in [4.78, 5) is 0. The summed E-state index contributed by atoms with van der Waals surface area (Å²) in [5.41, 5.74) is 0. The lowest BCUT2D eigenvalue weighted by molar-refractivity contribution is 0.469. The van der Waals surface area contributed by atoms with E-state index in [1.165, 1.54) is 6.42 Å². The summed E-state index contributed by atoms with van der Waals surface area (Å²) < 4.78 is 17.6. The van der Waals surface area contributed by atoms with E-state index in [1.807, 2.05) is 0 Å². The predicted molar refractivity (Wildman–Crippen MR) is 47.4 cm³/mol. The van der Waals surface area contributed by atoms with Gasteiger partial charge in [-0.25, -0.2) is 0 Å². The summed E-state index contributed by atoms with van der Waals surface area (Å²) in [5, 5.41) is 4.03. The van der Waals surface area contributed by atoms with Crippen molar-refractivity contribution < 1.29 is 8.76 Å². The minimum absolute atomic E-state index is 0.875. The molecule has 0 aliphatic heterocycles. The van der Waals surface area contributed by atoms with Gasteiger partial charge in [-0.15, -0.1) is 0 Å². The van der Waals surface area contributed by atoms with Crippen LogP contribution in [0.2, 0.25) is 0 Å². The largest absolute Gasteiger partial charge is 0.760 e. The van der Waals surface area contributed by atoms with Crippen LogP contribution >= 0.6 is 0 Å². The number of rotatable bonds is 2. The van der Waals surface area contributed by atoms with Gasteiger partial charge >= 0.3 is 0 Å². The maximum atomic E-state index is 8.78. The minimum atomic E-state index is -2.36. The van der Waals surface area contributed by atoms with Crippen molar-refractivity contribution in [1.29, 1.82) is 0 Å². The Labute approximate surface area is 71.8 Å². The Morgan fingerprint density at radius 2 is 1.45 bits per heavy atom. The summed E-state index contributed by atoms with van der Waals surface area (Å²) in [7, 11) is 0. The molecule has 1 atom stereocenters. The molecule has 0 rings (SSSR count). The molecular weight excluding hydrogens is 162 g/mol. The van der Waals surface area contributed by atoms with Gasteiger partial charge in [-0.2, -0.15) is 0 Å². The molecule has 0 aromatic rings. The number of hydrogen-bond acceptors (Lipinski definition) is 2. The molecular formula is C7H18NO2S-. The van der Waals surface area contributed by atoms with Gasteiger partial charge in [-0.1, -0.05) is 27.7 Å². The van der Waals surface area contributed by atoms with Crippen LogP contribution in [-0.2, 0) is 11.3 Å². The van der Waals surface area contributed by atoms with Crippen molar-refractivity contribution in [2.45, 2.75) is 34.1 Å². The maximum absolute atomic E-state index is 8.78. The molecule has 3 nitrogen and oxygen atoms in total. The van der Waals surface area contributed by atoms with Crippen LogP contribution in [0.5, 0.6) is 0 Å². The fraction of sp³-hybridized carbons (Fsp3) is 1.00. The Balaban J connectivity index is 0. The van der Waals surface area contributed by atoms with E-state index in [0.29, 0.717) is 0 Å². The van der Waals surface area contributed by atoms with Gasteiger partial charge in [0.15, 0.2) is 0 Å². The van der Waals surface area contributed by atoms with E-state index in [0.717, 1.165) is 11.8 Å². The van der Waals surface area contributed by atoms with Gasteiger partial charge in [0.05, 0.1) is 0 Å². The monoisotopic (exact) mass is 180 g/mol. The molecule has 0 amide bonds. The first kappa shape index (κ1) is 13.6. The van der Waals surface area contributed by atoms with Crippen molar-refractivity contribution in [1.82, 2.24) is 0 Å². The van der Waals surface area contributed by atoms with Crippen molar-refractivity contribution in [3.63, 3.8) is 0 Å². The van der Waals surface area contributed by atoms with Crippen molar-refractivity contribution in [2.75, 3.05) is 0 Å². The lowest BCUT2D eigenvalue weighted by atomic mass is 10.0. The van der Waals surface area contributed by atoms with Gasteiger partial charge in [0.1, 0.15) is 0 Å². The Morgan fingerprint density at radius 1 is 1.27 bits per heavy atom. The molecule has 0 bridgehead atoms. The molecule has 0 aliphatic rings. The SMILES string of the molecule is CC(C)CC(C)C.NS(=O)[O-]. The minimum Gasteiger partial charge on any atom is -0.760 e. The maximum Gasteiger partial charge on any atom is 0.0152 e. The molecule has 2 N–H and O–H groups in total. The van der Waals surface area contributed by atoms with Crippen LogP contribution in [0.15, 0.2) is 0 Å². The third-order valence-electron chi connectivity index (χ3n) is 0.943. The summed E-state index contributed by atoms with van der Waals surface area (Å²) >= 11 is -2.36. The molecule has 4 heteroatoms. The molecule has 0 radical (unpaired) electrons. The Morgan fingerprint density at radius 3 is 1.45 bits per heavy atom. The van der Waals surface area contributed by atoms with Crippen molar-refractivity contribution in [3.8, 4) is 0 Å². The predicted octanol–water partition coefficient (Wildman–Crippen LogP) is 1.43. The Hall–Kier alpha value is 0.0700. The molecule has 0 heterocycles. The summed E-state index contributed by atoms with van der Waals surface area (Å²) in [6.07, 6.45) is 1.36. The van der Waals surface area contributed by atoms with Gasteiger partial charge < -0.3 is 4.55 Å². The van der Waals surface area contributed by atoms with Crippen molar-refractivity contribution >= 4 is 11.3 Å².